The quantitative estimate of drug-likeness (QED) is 0.244. The molecule has 1 nitrogen and oxygen atoms in total. The van der Waals surface area contributed by atoms with Crippen LogP contribution in [0.5, 0.6) is 0 Å². The number of benzene rings is 6. The van der Waals surface area contributed by atoms with Gasteiger partial charge in [0.25, 0.3) is 0 Å². The first-order valence-electron chi connectivity index (χ1n) is 12.6. The van der Waals surface area contributed by atoms with E-state index in [2.05, 4.69) is 132 Å². The Labute approximate surface area is 209 Å². The number of rotatable bonds is 2. The van der Waals surface area contributed by atoms with Gasteiger partial charge in [-0.25, -0.2) is 0 Å². The zero-order chi connectivity index (χ0) is 23.6. The molecule has 1 aliphatic carbocycles. The molecule has 0 unspecified atom stereocenters. The van der Waals surface area contributed by atoms with E-state index < -0.39 is 0 Å². The minimum atomic E-state index is 0.996. The van der Waals surface area contributed by atoms with Crippen molar-refractivity contribution >= 4 is 32.6 Å². The second-order valence-corrected chi connectivity index (χ2v) is 9.79. The minimum absolute atomic E-state index is 0.996. The van der Waals surface area contributed by atoms with Crippen LogP contribution in [-0.4, -0.2) is 4.57 Å². The summed E-state index contributed by atoms with van der Waals surface area (Å²) in [6.45, 7) is 0. The van der Waals surface area contributed by atoms with Gasteiger partial charge in [-0.15, -0.1) is 0 Å². The van der Waals surface area contributed by atoms with Crippen molar-refractivity contribution in [2.24, 2.45) is 0 Å². The highest BCUT2D eigenvalue weighted by molar-refractivity contribution is 6.10. The molecule has 1 heteroatoms. The molecule has 7 aromatic rings. The molecule has 0 atom stereocenters. The molecule has 0 fully saturated rings. The van der Waals surface area contributed by atoms with Gasteiger partial charge in [0.15, 0.2) is 0 Å². The number of fused-ring (bicyclic) bond motifs is 8. The Hall–Kier alpha value is -4.62. The van der Waals surface area contributed by atoms with Crippen LogP contribution < -0.4 is 0 Å². The highest BCUT2D eigenvalue weighted by Gasteiger charge is 2.21. The van der Waals surface area contributed by atoms with Crippen molar-refractivity contribution in [2.75, 3.05) is 0 Å². The van der Waals surface area contributed by atoms with Gasteiger partial charge in [0.2, 0.25) is 0 Å². The van der Waals surface area contributed by atoms with Crippen LogP contribution in [0.2, 0.25) is 0 Å². The van der Waals surface area contributed by atoms with Gasteiger partial charge in [-0.05, 0) is 74.8 Å². The Bertz CT molecular complexity index is 1960. The molecule has 0 radical (unpaired) electrons. The average Bonchev–Trinajstić information content (AvgIpc) is 3.48. The van der Waals surface area contributed by atoms with E-state index in [9.17, 15) is 0 Å². The highest BCUT2D eigenvalue weighted by atomic mass is 15.0. The summed E-state index contributed by atoms with van der Waals surface area (Å²) in [4.78, 5) is 0. The molecule has 168 valence electrons. The summed E-state index contributed by atoms with van der Waals surface area (Å²) >= 11 is 0. The fraction of sp³-hybridized carbons (Fsp3) is 0.0286. The first-order valence-corrected chi connectivity index (χ1v) is 12.6. The molecule has 0 saturated heterocycles. The van der Waals surface area contributed by atoms with Gasteiger partial charge < -0.3 is 4.57 Å². The maximum Gasteiger partial charge on any atom is 0.0547 e. The first kappa shape index (κ1) is 19.7. The molecule has 1 heterocycles. The second kappa shape index (κ2) is 7.44. The van der Waals surface area contributed by atoms with Gasteiger partial charge >= 0.3 is 0 Å². The van der Waals surface area contributed by atoms with Gasteiger partial charge in [-0.2, -0.15) is 0 Å². The van der Waals surface area contributed by atoms with E-state index in [0.717, 1.165) is 6.42 Å². The van der Waals surface area contributed by atoms with E-state index in [1.807, 2.05) is 0 Å². The lowest BCUT2D eigenvalue weighted by Gasteiger charge is -2.10. The Morgan fingerprint density at radius 2 is 1.19 bits per heavy atom. The van der Waals surface area contributed by atoms with E-state index in [1.165, 1.54) is 71.6 Å². The summed E-state index contributed by atoms with van der Waals surface area (Å²) in [6, 6.07) is 46.7. The molecule has 1 aliphatic rings. The van der Waals surface area contributed by atoms with E-state index in [-0.39, 0.29) is 0 Å². The van der Waals surface area contributed by atoms with Crippen molar-refractivity contribution in [1.29, 1.82) is 0 Å². The lowest BCUT2D eigenvalue weighted by atomic mass is 9.96. The van der Waals surface area contributed by atoms with Crippen molar-refractivity contribution in [2.45, 2.75) is 6.42 Å². The lowest BCUT2D eigenvalue weighted by Crippen LogP contribution is -1.93. The number of nitrogens with zero attached hydrogens (tertiary/aromatic N) is 1. The van der Waals surface area contributed by atoms with Gasteiger partial charge in [0.05, 0.1) is 11.0 Å². The van der Waals surface area contributed by atoms with Crippen molar-refractivity contribution in [3.05, 3.63) is 139 Å². The SMILES string of the molecule is c1ccc(-n2c3ccccc3c3ccc(-c4ccc5c(c4)Cc4ccc6ccccc6c4-5)cc32)cc1. The van der Waals surface area contributed by atoms with E-state index in [1.54, 1.807) is 0 Å². The number of para-hydroxylation sites is 2. The Morgan fingerprint density at radius 1 is 0.472 bits per heavy atom. The third kappa shape index (κ3) is 2.77. The van der Waals surface area contributed by atoms with Crippen molar-refractivity contribution < 1.29 is 0 Å². The summed E-state index contributed by atoms with van der Waals surface area (Å²) in [5.74, 6) is 0. The molecular formula is C35H23N. The fourth-order valence-corrected chi connectivity index (χ4v) is 6.16. The second-order valence-electron chi connectivity index (χ2n) is 9.79. The molecule has 1 aromatic heterocycles. The average molecular weight is 458 g/mol. The Kier molecular flexibility index (Phi) is 4.06. The Morgan fingerprint density at radius 3 is 2.11 bits per heavy atom. The van der Waals surface area contributed by atoms with Crippen molar-refractivity contribution in [3.8, 4) is 27.9 Å². The summed E-state index contributed by atoms with van der Waals surface area (Å²) in [7, 11) is 0. The topological polar surface area (TPSA) is 4.93 Å². The standard InChI is InChI=1S/C35H23N/c1-2-9-28(10-3-1)36-33-13-7-6-12-31(33)32-19-17-25(22-34(32)36)24-16-18-30-27(20-24)21-26-15-14-23-8-4-5-11-29(23)35(26)30/h1-20,22H,21H2. The number of aromatic nitrogens is 1. The first-order chi connectivity index (χ1) is 17.8. The molecule has 0 spiro atoms. The highest BCUT2D eigenvalue weighted by Crippen LogP contribution is 2.43. The molecule has 8 rings (SSSR count). The minimum Gasteiger partial charge on any atom is -0.309 e. The van der Waals surface area contributed by atoms with E-state index in [4.69, 9.17) is 0 Å². The monoisotopic (exact) mass is 457 g/mol. The summed E-state index contributed by atoms with van der Waals surface area (Å²) in [5, 5.41) is 5.25. The maximum atomic E-state index is 2.40. The number of hydrogen-bond donors (Lipinski definition) is 0. The van der Waals surface area contributed by atoms with Crippen LogP contribution in [0, 0.1) is 0 Å². The van der Waals surface area contributed by atoms with Crippen LogP contribution in [0.4, 0.5) is 0 Å². The zero-order valence-electron chi connectivity index (χ0n) is 19.8. The van der Waals surface area contributed by atoms with Gasteiger partial charge in [0.1, 0.15) is 0 Å². The van der Waals surface area contributed by atoms with Crippen LogP contribution in [0.15, 0.2) is 127 Å². The fourth-order valence-electron chi connectivity index (χ4n) is 6.16. The lowest BCUT2D eigenvalue weighted by molar-refractivity contribution is 1.18. The summed E-state index contributed by atoms with van der Waals surface area (Å²) in [6.07, 6.45) is 0.996. The smallest absolute Gasteiger partial charge is 0.0547 e. The van der Waals surface area contributed by atoms with Crippen LogP contribution in [0.1, 0.15) is 11.1 Å². The van der Waals surface area contributed by atoms with Crippen LogP contribution in [0.3, 0.4) is 0 Å². The van der Waals surface area contributed by atoms with Gasteiger partial charge in [-0.3, -0.25) is 0 Å². The predicted molar refractivity (Wildman–Crippen MR) is 152 cm³/mol. The summed E-state index contributed by atoms with van der Waals surface area (Å²) in [5.41, 5.74) is 11.9. The molecule has 0 N–H and O–H groups in total. The maximum absolute atomic E-state index is 2.40. The van der Waals surface area contributed by atoms with Crippen LogP contribution in [-0.2, 0) is 6.42 Å². The van der Waals surface area contributed by atoms with Crippen LogP contribution in [0.25, 0.3) is 60.5 Å². The molecule has 0 saturated carbocycles. The molecule has 0 bridgehead atoms. The van der Waals surface area contributed by atoms with Gasteiger partial charge in [0, 0.05) is 16.5 Å². The van der Waals surface area contributed by atoms with Gasteiger partial charge in [-0.1, -0.05) is 103 Å². The zero-order valence-corrected chi connectivity index (χ0v) is 19.8. The molecule has 36 heavy (non-hydrogen) atoms. The van der Waals surface area contributed by atoms with E-state index >= 15 is 0 Å². The largest absolute Gasteiger partial charge is 0.309 e. The Balaban J connectivity index is 1.32. The van der Waals surface area contributed by atoms with Crippen LogP contribution >= 0.6 is 0 Å². The third-order valence-electron chi connectivity index (χ3n) is 7.79. The molecule has 0 amide bonds. The molecular weight excluding hydrogens is 434 g/mol. The third-order valence-corrected chi connectivity index (χ3v) is 7.79. The normalized spacial score (nSPS) is 12.3. The van der Waals surface area contributed by atoms with Crippen molar-refractivity contribution in [3.63, 3.8) is 0 Å². The summed E-state index contributed by atoms with van der Waals surface area (Å²) < 4.78 is 2.39. The van der Waals surface area contributed by atoms with E-state index in [0.29, 0.717) is 0 Å². The predicted octanol–water partition coefficient (Wildman–Crippen LogP) is 9.18. The van der Waals surface area contributed by atoms with Crippen molar-refractivity contribution in [1.82, 2.24) is 4.57 Å². The molecule has 0 aliphatic heterocycles. The molecule has 6 aromatic carbocycles. The number of hydrogen-bond acceptors (Lipinski definition) is 0.